The first-order chi connectivity index (χ1) is 13.0. The molecule has 0 radical (unpaired) electrons. The van der Waals surface area contributed by atoms with E-state index in [1.807, 2.05) is 12.1 Å². The monoisotopic (exact) mass is 387 g/mol. The molecule has 1 aromatic carbocycles. The van der Waals surface area contributed by atoms with E-state index in [4.69, 9.17) is 17.0 Å². The summed E-state index contributed by atoms with van der Waals surface area (Å²) in [5, 5.41) is 5.03. The second-order valence-corrected chi connectivity index (χ2v) is 7.78. The molecule has 0 amide bonds. The average Bonchev–Trinajstić information content (AvgIpc) is 3.14. The zero-order valence-electron chi connectivity index (χ0n) is 16.4. The molecule has 5 nitrogen and oxygen atoms in total. The summed E-state index contributed by atoms with van der Waals surface area (Å²) in [6, 6.07) is 6.15. The Bertz CT molecular complexity index is 872. The van der Waals surface area contributed by atoms with E-state index in [1.54, 1.807) is 0 Å². The lowest BCUT2D eigenvalue weighted by atomic mass is 10.0. The molecule has 2 heterocycles. The van der Waals surface area contributed by atoms with Gasteiger partial charge in [0, 0.05) is 30.8 Å². The molecule has 1 aliphatic rings. The molecule has 0 unspecified atom stereocenters. The molecule has 146 valence electrons. The first-order valence-corrected chi connectivity index (χ1v) is 10.2. The summed E-state index contributed by atoms with van der Waals surface area (Å²) in [5.74, 6) is 0. The number of aromatic nitrogens is 1. The fraction of sp³-hybridized carbons (Fsp3) is 0.524. The van der Waals surface area contributed by atoms with Gasteiger partial charge in [0.05, 0.1) is 12.6 Å². The van der Waals surface area contributed by atoms with Gasteiger partial charge in [-0.25, -0.2) is 0 Å². The molecule has 0 bridgehead atoms. The van der Waals surface area contributed by atoms with Gasteiger partial charge in [-0.2, -0.15) is 0 Å². The molecule has 0 spiro atoms. The van der Waals surface area contributed by atoms with Crippen LogP contribution >= 0.6 is 12.2 Å². The lowest BCUT2D eigenvalue weighted by molar-refractivity contribution is 0.0897. The Balaban J connectivity index is 1.86. The Morgan fingerprint density at radius 3 is 2.81 bits per heavy atom. The third-order valence-electron chi connectivity index (χ3n) is 5.16. The maximum Gasteiger partial charge on any atom is 0.253 e. The quantitative estimate of drug-likeness (QED) is 0.744. The fourth-order valence-corrected chi connectivity index (χ4v) is 3.68. The van der Waals surface area contributed by atoms with Gasteiger partial charge in [0.25, 0.3) is 5.56 Å². The maximum atomic E-state index is 12.7. The number of fused-ring (bicyclic) bond motifs is 1. The highest BCUT2D eigenvalue weighted by molar-refractivity contribution is 7.80. The minimum absolute atomic E-state index is 0.0543. The van der Waals surface area contributed by atoms with Gasteiger partial charge in [0.2, 0.25) is 0 Å². The van der Waals surface area contributed by atoms with Crippen molar-refractivity contribution < 1.29 is 4.74 Å². The van der Waals surface area contributed by atoms with Gasteiger partial charge in [-0.1, -0.05) is 6.92 Å². The van der Waals surface area contributed by atoms with Crippen LogP contribution in [0.2, 0.25) is 0 Å². The van der Waals surface area contributed by atoms with Crippen molar-refractivity contribution in [2.45, 2.75) is 52.7 Å². The number of benzene rings is 1. The summed E-state index contributed by atoms with van der Waals surface area (Å²) in [7, 11) is 0. The van der Waals surface area contributed by atoms with Gasteiger partial charge in [0.15, 0.2) is 5.11 Å². The van der Waals surface area contributed by atoms with E-state index in [9.17, 15) is 4.79 Å². The van der Waals surface area contributed by atoms with E-state index < -0.39 is 0 Å². The first-order valence-electron chi connectivity index (χ1n) is 9.75. The molecule has 2 N–H and O–H groups in total. The van der Waals surface area contributed by atoms with E-state index in [1.165, 1.54) is 11.1 Å². The Labute approximate surface area is 166 Å². The summed E-state index contributed by atoms with van der Waals surface area (Å²) >= 11 is 5.60. The number of aryl methyl sites for hydroxylation is 2. The molecule has 1 saturated heterocycles. The number of pyridine rings is 1. The van der Waals surface area contributed by atoms with Crippen molar-refractivity contribution in [2.75, 3.05) is 19.7 Å². The molecule has 1 aliphatic heterocycles. The van der Waals surface area contributed by atoms with Crippen LogP contribution in [0.5, 0.6) is 0 Å². The SMILES string of the molecule is CCCNC(=S)N(Cc1cc2cc(C)c(C)cc2[nH]c1=O)C[C@@H]1CCCO1. The minimum Gasteiger partial charge on any atom is -0.376 e. The predicted octanol–water partition coefficient (Wildman–Crippen LogP) is 3.41. The van der Waals surface area contributed by atoms with Gasteiger partial charge in [-0.15, -0.1) is 0 Å². The maximum absolute atomic E-state index is 12.7. The smallest absolute Gasteiger partial charge is 0.253 e. The van der Waals surface area contributed by atoms with Crippen molar-refractivity contribution in [3.05, 3.63) is 45.2 Å². The fourth-order valence-electron chi connectivity index (χ4n) is 3.44. The van der Waals surface area contributed by atoms with Gasteiger partial charge in [-0.05, 0) is 80.0 Å². The van der Waals surface area contributed by atoms with E-state index in [0.717, 1.165) is 48.9 Å². The molecule has 1 atom stereocenters. The number of thiocarbonyl (C=S) groups is 1. The molecule has 2 aromatic rings. The number of nitrogens with zero attached hydrogens (tertiary/aromatic N) is 1. The molecule has 6 heteroatoms. The highest BCUT2D eigenvalue weighted by Gasteiger charge is 2.22. The Kier molecular flexibility index (Phi) is 6.50. The number of H-pyrrole nitrogens is 1. The van der Waals surface area contributed by atoms with Crippen LogP contribution in [0, 0.1) is 13.8 Å². The van der Waals surface area contributed by atoms with Gasteiger partial charge >= 0.3 is 0 Å². The van der Waals surface area contributed by atoms with Crippen LogP contribution in [-0.2, 0) is 11.3 Å². The van der Waals surface area contributed by atoms with Crippen LogP contribution in [0.1, 0.15) is 42.9 Å². The third-order valence-corrected chi connectivity index (χ3v) is 5.56. The third kappa shape index (κ3) is 4.87. The summed E-state index contributed by atoms with van der Waals surface area (Å²) in [5.41, 5.74) is 3.95. The number of nitrogens with one attached hydrogen (secondary N) is 2. The van der Waals surface area contributed by atoms with E-state index >= 15 is 0 Å². The van der Waals surface area contributed by atoms with Crippen LogP contribution in [0.3, 0.4) is 0 Å². The van der Waals surface area contributed by atoms with Crippen molar-refractivity contribution >= 4 is 28.2 Å². The minimum atomic E-state index is -0.0543. The summed E-state index contributed by atoms with van der Waals surface area (Å²) < 4.78 is 5.79. The number of aromatic amines is 1. The molecular formula is C21H29N3O2S. The zero-order chi connectivity index (χ0) is 19.4. The van der Waals surface area contributed by atoms with Gasteiger partial charge < -0.3 is 19.9 Å². The number of ether oxygens (including phenoxy) is 1. The van der Waals surface area contributed by atoms with Crippen molar-refractivity contribution in [1.82, 2.24) is 15.2 Å². The lowest BCUT2D eigenvalue weighted by Gasteiger charge is -2.28. The van der Waals surface area contributed by atoms with Crippen LogP contribution in [0.4, 0.5) is 0 Å². The Morgan fingerprint density at radius 2 is 2.11 bits per heavy atom. The van der Waals surface area contributed by atoms with Gasteiger partial charge in [-0.3, -0.25) is 4.79 Å². The summed E-state index contributed by atoms with van der Waals surface area (Å²) in [4.78, 5) is 17.8. The molecule has 0 saturated carbocycles. The van der Waals surface area contributed by atoms with E-state index in [0.29, 0.717) is 18.2 Å². The molecular weight excluding hydrogens is 358 g/mol. The van der Waals surface area contributed by atoms with Gasteiger partial charge in [0.1, 0.15) is 0 Å². The largest absolute Gasteiger partial charge is 0.376 e. The van der Waals surface area contributed by atoms with Crippen molar-refractivity contribution in [3.8, 4) is 0 Å². The predicted molar refractivity (Wildman–Crippen MR) is 114 cm³/mol. The van der Waals surface area contributed by atoms with E-state index in [2.05, 4.69) is 42.0 Å². The van der Waals surface area contributed by atoms with Crippen molar-refractivity contribution in [3.63, 3.8) is 0 Å². The highest BCUT2D eigenvalue weighted by atomic mass is 32.1. The topological polar surface area (TPSA) is 57.4 Å². The van der Waals surface area contributed by atoms with Crippen LogP contribution in [0.15, 0.2) is 23.0 Å². The Morgan fingerprint density at radius 1 is 1.33 bits per heavy atom. The molecule has 1 aromatic heterocycles. The zero-order valence-corrected chi connectivity index (χ0v) is 17.2. The standard InChI is InChI=1S/C21H29N3O2S/c1-4-7-22-21(27)24(13-18-6-5-8-26-18)12-17-11-16-9-14(2)15(3)10-19(16)23-20(17)25/h9-11,18H,4-8,12-13H2,1-3H3,(H,22,27)(H,23,25)/t18-/m0/s1. The molecule has 1 fully saturated rings. The van der Waals surface area contributed by atoms with Crippen LogP contribution in [0.25, 0.3) is 10.9 Å². The molecule has 27 heavy (non-hydrogen) atoms. The number of hydrogen-bond acceptors (Lipinski definition) is 3. The lowest BCUT2D eigenvalue weighted by Crippen LogP contribution is -2.44. The van der Waals surface area contributed by atoms with Crippen LogP contribution < -0.4 is 10.9 Å². The highest BCUT2D eigenvalue weighted by Crippen LogP contribution is 2.19. The summed E-state index contributed by atoms with van der Waals surface area (Å²) in [6.07, 6.45) is 3.31. The second kappa shape index (κ2) is 8.85. The number of rotatable bonds is 6. The average molecular weight is 388 g/mol. The van der Waals surface area contributed by atoms with Crippen molar-refractivity contribution in [1.29, 1.82) is 0 Å². The molecule has 3 rings (SSSR count). The van der Waals surface area contributed by atoms with Crippen molar-refractivity contribution in [2.24, 2.45) is 0 Å². The van der Waals surface area contributed by atoms with Crippen LogP contribution in [-0.4, -0.2) is 40.8 Å². The normalized spacial score (nSPS) is 16.6. The first kappa shape index (κ1) is 19.8. The number of hydrogen-bond donors (Lipinski definition) is 2. The summed E-state index contributed by atoms with van der Waals surface area (Å²) in [6.45, 7) is 9.08. The second-order valence-electron chi connectivity index (χ2n) is 7.39. The Hall–Kier alpha value is -1.92. The van der Waals surface area contributed by atoms with E-state index in [-0.39, 0.29) is 11.7 Å². The molecule has 0 aliphatic carbocycles.